The first-order valence-electron chi connectivity index (χ1n) is 9.43. The van der Waals surface area contributed by atoms with E-state index in [0.717, 1.165) is 18.0 Å². The number of nitrogens with zero attached hydrogens (tertiary/aromatic N) is 3. The highest BCUT2D eigenvalue weighted by Gasteiger charge is 2.30. The fourth-order valence-corrected chi connectivity index (χ4v) is 3.40. The molecule has 8 heteroatoms. The molecule has 4 rings (SSSR count). The number of hydrogen-bond acceptors (Lipinski definition) is 4. The van der Waals surface area contributed by atoms with E-state index in [1.165, 1.54) is 28.8 Å². The summed E-state index contributed by atoms with van der Waals surface area (Å²) in [5, 5.41) is 3.08. The number of aryl methyl sites for hydroxylation is 3. The number of fused-ring (bicyclic) bond motifs is 1. The third-order valence-electron chi connectivity index (χ3n) is 4.98. The molecule has 0 unspecified atom stereocenters. The zero-order chi connectivity index (χ0) is 21.5. The number of aromatic nitrogens is 4. The summed E-state index contributed by atoms with van der Waals surface area (Å²) in [5.74, 6) is 1.73. The Labute approximate surface area is 171 Å². The maximum Gasteiger partial charge on any atom is 0.416 e. The number of alkyl halides is 3. The average molecular weight is 411 g/mol. The fraction of sp³-hybridized carbons (Fsp3) is 0.227. The van der Waals surface area contributed by atoms with Gasteiger partial charge in [-0.05, 0) is 61.7 Å². The van der Waals surface area contributed by atoms with Crippen LogP contribution in [0.4, 0.5) is 24.7 Å². The molecule has 0 aliphatic rings. The van der Waals surface area contributed by atoms with Crippen LogP contribution in [0, 0.1) is 20.8 Å². The average Bonchev–Trinajstić information content (AvgIpc) is 3.07. The summed E-state index contributed by atoms with van der Waals surface area (Å²) in [4.78, 5) is 16.7. The minimum Gasteiger partial charge on any atom is -0.338 e. The van der Waals surface area contributed by atoms with Gasteiger partial charge in [-0.15, -0.1) is 0 Å². The van der Waals surface area contributed by atoms with Gasteiger partial charge in [0.2, 0.25) is 0 Å². The summed E-state index contributed by atoms with van der Waals surface area (Å²) in [5.41, 5.74) is 4.47. The smallest absolute Gasteiger partial charge is 0.338 e. The van der Waals surface area contributed by atoms with Gasteiger partial charge in [-0.2, -0.15) is 13.2 Å². The largest absolute Gasteiger partial charge is 0.416 e. The van der Waals surface area contributed by atoms with E-state index in [1.54, 1.807) is 6.92 Å². The van der Waals surface area contributed by atoms with Crippen LogP contribution in [-0.2, 0) is 12.6 Å². The van der Waals surface area contributed by atoms with Gasteiger partial charge >= 0.3 is 6.18 Å². The van der Waals surface area contributed by atoms with Gasteiger partial charge in [0.1, 0.15) is 17.2 Å². The zero-order valence-electron chi connectivity index (χ0n) is 16.7. The lowest BCUT2D eigenvalue weighted by atomic mass is 10.00. The number of imidazole rings is 1. The van der Waals surface area contributed by atoms with E-state index in [9.17, 15) is 13.2 Å². The van der Waals surface area contributed by atoms with Crippen molar-refractivity contribution in [1.29, 1.82) is 0 Å². The Morgan fingerprint density at radius 1 is 0.900 bits per heavy atom. The molecule has 0 radical (unpaired) electrons. The van der Waals surface area contributed by atoms with E-state index in [2.05, 4.69) is 51.2 Å². The van der Waals surface area contributed by atoms with Crippen molar-refractivity contribution in [2.24, 2.45) is 0 Å². The number of benzene rings is 2. The lowest BCUT2D eigenvalue weighted by Gasteiger charge is -2.10. The third-order valence-corrected chi connectivity index (χ3v) is 4.98. The van der Waals surface area contributed by atoms with Gasteiger partial charge in [0, 0.05) is 12.1 Å². The van der Waals surface area contributed by atoms with Crippen LogP contribution in [0.2, 0.25) is 0 Å². The standard InChI is InChI=1S/C22H20F3N5/c1-12-5-4-6-13(2)17(12)11-18-29-19-20(26-14(3)27-21(19)30-18)28-16-9-7-15(8-10-16)22(23,24)25/h4-10H,11H2,1-3H3,(H2,26,27,28,29,30). The normalized spacial score (nSPS) is 11.8. The highest BCUT2D eigenvalue weighted by molar-refractivity contribution is 5.85. The SMILES string of the molecule is Cc1nc(Nc2ccc(C(F)(F)F)cc2)c2[nH]c(Cc3c(C)cccc3C)nc2n1. The minimum atomic E-state index is -4.37. The Kier molecular flexibility index (Phi) is 4.93. The first-order chi connectivity index (χ1) is 14.2. The Morgan fingerprint density at radius 2 is 1.57 bits per heavy atom. The van der Waals surface area contributed by atoms with E-state index in [1.807, 2.05) is 6.07 Å². The first-order valence-corrected chi connectivity index (χ1v) is 9.43. The molecule has 0 spiro atoms. The summed E-state index contributed by atoms with van der Waals surface area (Å²) in [6.45, 7) is 5.87. The van der Waals surface area contributed by atoms with Crippen molar-refractivity contribution >= 4 is 22.7 Å². The van der Waals surface area contributed by atoms with E-state index in [-0.39, 0.29) is 0 Å². The molecule has 0 aliphatic carbocycles. The fourth-order valence-electron chi connectivity index (χ4n) is 3.40. The van der Waals surface area contributed by atoms with Crippen LogP contribution in [0.5, 0.6) is 0 Å². The van der Waals surface area contributed by atoms with Crippen LogP contribution in [0.1, 0.15) is 33.9 Å². The number of rotatable bonds is 4. The molecule has 0 amide bonds. The van der Waals surface area contributed by atoms with Crippen molar-refractivity contribution in [3.8, 4) is 0 Å². The lowest BCUT2D eigenvalue weighted by Crippen LogP contribution is -2.05. The summed E-state index contributed by atoms with van der Waals surface area (Å²) < 4.78 is 38.4. The monoisotopic (exact) mass is 411 g/mol. The molecule has 30 heavy (non-hydrogen) atoms. The van der Waals surface area contributed by atoms with Gasteiger partial charge in [0.25, 0.3) is 0 Å². The van der Waals surface area contributed by atoms with Crippen molar-refractivity contribution in [3.63, 3.8) is 0 Å². The quantitative estimate of drug-likeness (QED) is 0.457. The van der Waals surface area contributed by atoms with E-state index in [0.29, 0.717) is 34.9 Å². The molecule has 5 nitrogen and oxygen atoms in total. The van der Waals surface area contributed by atoms with Gasteiger partial charge in [0.15, 0.2) is 11.5 Å². The van der Waals surface area contributed by atoms with Crippen molar-refractivity contribution in [1.82, 2.24) is 19.9 Å². The lowest BCUT2D eigenvalue weighted by molar-refractivity contribution is -0.137. The second-order valence-electron chi connectivity index (χ2n) is 7.25. The van der Waals surface area contributed by atoms with Crippen molar-refractivity contribution < 1.29 is 13.2 Å². The molecule has 0 saturated heterocycles. The topological polar surface area (TPSA) is 66.5 Å². The minimum absolute atomic E-state index is 0.470. The predicted molar refractivity (Wildman–Crippen MR) is 110 cm³/mol. The maximum absolute atomic E-state index is 12.8. The molecule has 0 bridgehead atoms. The Hall–Kier alpha value is -3.42. The second-order valence-corrected chi connectivity index (χ2v) is 7.25. The summed E-state index contributed by atoms with van der Waals surface area (Å²) in [6.07, 6.45) is -3.75. The van der Waals surface area contributed by atoms with Crippen LogP contribution in [0.3, 0.4) is 0 Å². The third kappa shape index (κ3) is 3.98. The van der Waals surface area contributed by atoms with Crippen LogP contribution in [0.25, 0.3) is 11.2 Å². The van der Waals surface area contributed by atoms with Crippen LogP contribution < -0.4 is 5.32 Å². The second kappa shape index (κ2) is 7.44. The van der Waals surface area contributed by atoms with Crippen LogP contribution in [0.15, 0.2) is 42.5 Å². The Morgan fingerprint density at radius 3 is 2.20 bits per heavy atom. The molecule has 0 saturated carbocycles. The number of halogens is 3. The molecule has 0 fully saturated rings. The summed E-state index contributed by atoms with van der Waals surface area (Å²) in [7, 11) is 0. The number of H-pyrrole nitrogens is 1. The van der Waals surface area contributed by atoms with Crippen molar-refractivity contribution in [2.45, 2.75) is 33.4 Å². The van der Waals surface area contributed by atoms with Gasteiger partial charge in [-0.1, -0.05) is 18.2 Å². The molecule has 4 aromatic rings. The molecule has 2 aromatic heterocycles. The van der Waals surface area contributed by atoms with Crippen LogP contribution in [-0.4, -0.2) is 19.9 Å². The van der Waals surface area contributed by atoms with Gasteiger partial charge in [0.05, 0.1) is 5.56 Å². The zero-order valence-corrected chi connectivity index (χ0v) is 16.7. The highest BCUT2D eigenvalue weighted by Crippen LogP contribution is 2.31. The van der Waals surface area contributed by atoms with E-state index < -0.39 is 11.7 Å². The number of anilines is 2. The van der Waals surface area contributed by atoms with Gasteiger partial charge < -0.3 is 10.3 Å². The highest BCUT2D eigenvalue weighted by atomic mass is 19.4. The van der Waals surface area contributed by atoms with Crippen molar-refractivity contribution in [2.75, 3.05) is 5.32 Å². The maximum atomic E-state index is 12.8. The number of aromatic amines is 1. The van der Waals surface area contributed by atoms with Gasteiger partial charge in [-0.25, -0.2) is 15.0 Å². The molecule has 2 heterocycles. The molecular weight excluding hydrogens is 391 g/mol. The summed E-state index contributed by atoms with van der Waals surface area (Å²) >= 11 is 0. The van der Waals surface area contributed by atoms with E-state index >= 15 is 0 Å². The predicted octanol–water partition coefficient (Wildman–Crippen LogP) is 5.63. The molecule has 2 aromatic carbocycles. The molecule has 0 atom stereocenters. The van der Waals surface area contributed by atoms with Gasteiger partial charge in [-0.3, -0.25) is 0 Å². The van der Waals surface area contributed by atoms with E-state index in [4.69, 9.17) is 0 Å². The number of hydrogen-bond donors (Lipinski definition) is 2. The number of nitrogens with one attached hydrogen (secondary N) is 2. The Balaban J connectivity index is 1.67. The molecule has 2 N–H and O–H groups in total. The first kappa shape index (κ1) is 19.9. The van der Waals surface area contributed by atoms with Crippen molar-refractivity contribution in [3.05, 3.63) is 76.4 Å². The molecular formula is C22H20F3N5. The molecule has 154 valence electrons. The molecule has 0 aliphatic heterocycles. The Bertz CT molecular complexity index is 1190. The summed E-state index contributed by atoms with van der Waals surface area (Å²) in [6, 6.07) is 11.0. The van der Waals surface area contributed by atoms with Crippen LogP contribution >= 0.6 is 0 Å².